The lowest BCUT2D eigenvalue weighted by Crippen LogP contribution is -2.39. The molecular weight excluding hydrogens is 294 g/mol. The highest BCUT2D eigenvalue weighted by Gasteiger charge is 2.22. The molecular formula is C12H19N5OS2. The summed E-state index contributed by atoms with van der Waals surface area (Å²) in [7, 11) is 0. The zero-order chi connectivity index (χ0) is 13.9. The minimum absolute atomic E-state index is 0.357. The van der Waals surface area contributed by atoms with Crippen molar-refractivity contribution in [2.24, 2.45) is 0 Å². The van der Waals surface area contributed by atoms with E-state index in [9.17, 15) is 5.11 Å². The van der Waals surface area contributed by atoms with Gasteiger partial charge in [-0.2, -0.15) is 0 Å². The average Bonchev–Trinajstić information content (AvgIpc) is 2.82. The minimum atomic E-state index is -0.357. The molecule has 1 saturated carbocycles. The summed E-state index contributed by atoms with van der Waals surface area (Å²) in [6.45, 7) is 0.518. The normalized spacial score (nSPS) is 23.1. The van der Waals surface area contributed by atoms with Crippen molar-refractivity contribution in [3.8, 4) is 0 Å². The number of aliphatic hydroxyl groups is 1. The van der Waals surface area contributed by atoms with Crippen molar-refractivity contribution in [2.45, 2.75) is 56.0 Å². The second kappa shape index (κ2) is 6.28. The van der Waals surface area contributed by atoms with Crippen molar-refractivity contribution in [3.05, 3.63) is 0 Å². The smallest absolute Gasteiger partial charge is 0.231 e. The summed E-state index contributed by atoms with van der Waals surface area (Å²) >= 11 is 6.86. The van der Waals surface area contributed by atoms with Crippen LogP contribution < -0.4 is 10.6 Å². The molecule has 2 aliphatic rings. The van der Waals surface area contributed by atoms with Crippen molar-refractivity contribution >= 4 is 35.0 Å². The van der Waals surface area contributed by atoms with Gasteiger partial charge in [0.05, 0.1) is 12.6 Å². The molecule has 3 rings (SSSR count). The molecule has 1 aliphatic heterocycles. The molecule has 6 nitrogen and oxygen atoms in total. The number of aromatic nitrogens is 3. The molecule has 0 amide bonds. The number of nitrogens with zero attached hydrogens (tertiary/aromatic N) is 3. The SMILES string of the molecule is OC1CSc2nnc(NC(=S)NC3CCCCC3)n2C1. The summed E-state index contributed by atoms with van der Waals surface area (Å²) in [4.78, 5) is 0. The Hall–Kier alpha value is -0.860. The van der Waals surface area contributed by atoms with Gasteiger partial charge >= 0.3 is 0 Å². The van der Waals surface area contributed by atoms with Crippen molar-refractivity contribution < 1.29 is 5.11 Å². The first-order valence-corrected chi connectivity index (χ1v) is 8.43. The summed E-state index contributed by atoms with van der Waals surface area (Å²) in [6.07, 6.45) is 5.85. The fourth-order valence-corrected chi connectivity index (χ4v) is 3.78. The monoisotopic (exact) mass is 313 g/mol. The van der Waals surface area contributed by atoms with Crippen LogP contribution in [0.3, 0.4) is 0 Å². The maximum Gasteiger partial charge on any atom is 0.231 e. The fraction of sp³-hybridized carbons (Fsp3) is 0.750. The lowest BCUT2D eigenvalue weighted by Gasteiger charge is -2.24. The molecule has 0 aromatic carbocycles. The first kappa shape index (κ1) is 14.1. The van der Waals surface area contributed by atoms with Gasteiger partial charge in [-0.1, -0.05) is 31.0 Å². The van der Waals surface area contributed by atoms with Crippen molar-refractivity contribution in [2.75, 3.05) is 11.1 Å². The largest absolute Gasteiger partial charge is 0.390 e. The van der Waals surface area contributed by atoms with E-state index >= 15 is 0 Å². The Morgan fingerprint density at radius 2 is 2.10 bits per heavy atom. The van der Waals surface area contributed by atoms with E-state index in [4.69, 9.17) is 12.2 Å². The summed E-state index contributed by atoms with van der Waals surface area (Å²) < 4.78 is 1.88. The topological polar surface area (TPSA) is 75.0 Å². The average molecular weight is 313 g/mol. The molecule has 1 atom stereocenters. The molecule has 1 aromatic heterocycles. The number of thiocarbonyl (C=S) groups is 1. The highest BCUT2D eigenvalue weighted by atomic mass is 32.2. The van der Waals surface area contributed by atoms with Crippen LogP contribution in [0.25, 0.3) is 0 Å². The predicted molar refractivity (Wildman–Crippen MR) is 83.0 cm³/mol. The van der Waals surface area contributed by atoms with Gasteiger partial charge in [-0.25, -0.2) is 0 Å². The lowest BCUT2D eigenvalue weighted by atomic mass is 9.96. The van der Waals surface area contributed by atoms with Crippen LogP contribution in [0.15, 0.2) is 5.16 Å². The predicted octanol–water partition coefficient (Wildman–Crippen LogP) is 1.36. The molecule has 1 unspecified atom stereocenters. The van der Waals surface area contributed by atoms with E-state index in [2.05, 4.69) is 20.8 Å². The van der Waals surface area contributed by atoms with Crippen LogP contribution in [0.2, 0.25) is 0 Å². The zero-order valence-corrected chi connectivity index (χ0v) is 12.8. The number of hydrogen-bond acceptors (Lipinski definition) is 5. The van der Waals surface area contributed by atoms with Crippen LogP contribution in [0.1, 0.15) is 32.1 Å². The minimum Gasteiger partial charge on any atom is -0.390 e. The second-order valence-corrected chi connectivity index (χ2v) is 6.71. The molecule has 1 aromatic rings. The number of hydrogen-bond donors (Lipinski definition) is 3. The van der Waals surface area contributed by atoms with E-state index in [1.807, 2.05) is 4.57 Å². The first-order valence-electron chi connectivity index (χ1n) is 7.04. The van der Waals surface area contributed by atoms with Gasteiger partial charge in [0.25, 0.3) is 0 Å². The van der Waals surface area contributed by atoms with Gasteiger partial charge in [0.1, 0.15) is 0 Å². The van der Waals surface area contributed by atoms with Crippen molar-refractivity contribution in [1.82, 2.24) is 20.1 Å². The molecule has 8 heteroatoms. The van der Waals surface area contributed by atoms with E-state index < -0.39 is 0 Å². The van der Waals surface area contributed by atoms with Gasteiger partial charge in [0.2, 0.25) is 5.95 Å². The summed E-state index contributed by atoms with van der Waals surface area (Å²) in [6, 6.07) is 0.465. The number of thioether (sulfide) groups is 1. The van der Waals surface area contributed by atoms with Crippen LogP contribution >= 0.6 is 24.0 Å². The molecule has 0 saturated heterocycles. The second-order valence-electron chi connectivity index (χ2n) is 5.32. The van der Waals surface area contributed by atoms with Crippen molar-refractivity contribution in [1.29, 1.82) is 0 Å². The van der Waals surface area contributed by atoms with Gasteiger partial charge in [-0.15, -0.1) is 10.2 Å². The molecule has 1 fully saturated rings. The summed E-state index contributed by atoms with van der Waals surface area (Å²) in [5.74, 6) is 1.28. The maximum atomic E-state index is 9.72. The molecule has 2 heterocycles. The van der Waals surface area contributed by atoms with Gasteiger partial charge in [-0.05, 0) is 25.1 Å². The Labute approximate surface area is 127 Å². The van der Waals surface area contributed by atoms with Crippen LogP contribution in [0, 0.1) is 0 Å². The molecule has 110 valence electrons. The van der Waals surface area contributed by atoms with E-state index in [1.165, 1.54) is 43.9 Å². The van der Waals surface area contributed by atoms with E-state index in [0.29, 0.717) is 29.4 Å². The Bertz CT molecular complexity index is 486. The Kier molecular flexibility index (Phi) is 4.42. The lowest BCUT2D eigenvalue weighted by molar-refractivity contribution is 0.171. The van der Waals surface area contributed by atoms with Crippen molar-refractivity contribution in [3.63, 3.8) is 0 Å². The Morgan fingerprint density at radius 3 is 2.90 bits per heavy atom. The number of aliphatic hydroxyl groups excluding tert-OH is 1. The van der Waals surface area contributed by atoms with E-state index in [-0.39, 0.29) is 6.10 Å². The summed E-state index contributed by atoms with van der Waals surface area (Å²) in [5, 5.41) is 25.8. The highest BCUT2D eigenvalue weighted by Crippen LogP contribution is 2.26. The first-order chi connectivity index (χ1) is 9.72. The molecule has 0 bridgehead atoms. The standard InChI is InChI=1S/C12H19N5OS2/c18-9-6-17-10(15-16-12(17)20-7-9)14-11(19)13-8-4-2-1-3-5-8/h8-9,18H,1-7H2,(H2,13,14,15,19). The van der Waals surface area contributed by atoms with Crippen LogP contribution in [0.4, 0.5) is 5.95 Å². The van der Waals surface area contributed by atoms with Gasteiger partial charge < -0.3 is 15.7 Å². The Balaban J connectivity index is 1.60. The van der Waals surface area contributed by atoms with E-state index in [1.54, 1.807) is 0 Å². The molecule has 1 aliphatic carbocycles. The number of fused-ring (bicyclic) bond motifs is 1. The molecule has 0 radical (unpaired) electrons. The molecule has 20 heavy (non-hydrogen) atoms. The van der Waals surface area contributed by atoms with Crippen LogP contribution in [-0.4, -0.2) is 42.9 Å². The molecule has 3 N–H and O–H groups in total. The zero-order valence-electron chi connectivity index (χ0n) is 11.2. The fourth-order valence-electron chi connectivity index (χ4n) is 2.66. The van der Waals surface area contributed by atoms with Gasteiger partial charge in [0.15, 0.2) is 10.3 Å². The highest BCUT2D eigenvalue weighted by molar-refractivity contribution is 7.99. The Morgan fingerprint density at radius 1 is 1.30 bits per heavy atom. The number of anilines is 1. The summed E-state index contributed by atoms with van der Waals surface area (Å²) in [5.41, 5.74) is 0. The van der Waals surface area contributed by atoms with Crippen LogP contribution in [-0.2, 0) is 6.54 Å². The number of nitrogens with one attached hydrogen (secondary N) is 2. The third kappa shape index (κ3) is 3.24. The quantitative estimate of drug-likeness (QED) is 0.712. The third-order valence-corrected chi connectivity index (χ3v) is 5.01. The maximum absolute atomic E-state index is 9.72. The molecule has 0 spiro atoms. The van der Waals surface area contributed by atoms with Gasteiger partial charge in [0, 0.05) is 11.8 Å². The van der Waals surface area contributed by atoms with E-state index in [0.717, 1.165) is 5.16 Å². The van der Waals surface area contributed by atoms with Crippen LogP contribution in [0.5, 0.6) is 0 Å². The third-order valence-electron chi connectivity index (χ3n) is 3.68. The van der Waals surface area contributed by atoms with Gasteiger partial charge in [-0.3, -0.25) is 4.57 Å². The number of rotatable bonds is 2.